The van der Waals surface area contributed by atoms with Crippen molar-refractivity contribution in [1.82, 2.24) is 10.2 Å². The Labute approximate surface area is 135 Å². The Hall–Kier alpha value is -1.11. The predicted octanol–water partition coefficient (Wildman–Crippen LogP) is 1.63. The van der Waals surface area contributed by atoms with Gasteiger partial charge in [0.2, 0.25) is 5.91 Å². The molecule has 0 aromatic heterocycles. The Balaban J connectivity index is 1.89. The molecule has 22 heavy (non-hydrogen) atoms. The molecule has 2 aliphatic heterocycles. The zero-order valence-electron chi connectivity index (χ0n) is 12.4. The lowest BCUT2D eigenvalue weighted by Gasteiger charge is -2.30. The zero-order valence-corrected chi connectivity index (χ0v) is 14.0. The number of nitrogens with zero attached hydrogens (tertiary/aromatic N) is 1. The summed E-state index contributed by atoms with van der Waals surface area (Å²) in [7, 11) is -1.65. The molecule has 120 valence electrons. The first-order valence-corrected chi connectivity index (χ1v) is 9.43. The maximum absolute atomic E-state index is 12.7. The lowest BCUT2D eigenvalue weighted by molar-refractivity contribution is -0.136. The van der Waals surface area contributed by atoms with E-state index in [1.807, 2.05) is 0 Å². The quantitative estimate of drug-likeness (QED) is 0.887. The molecule has 1 atom stereocenters. The highest BCUT2D eigenvalue weighted by Crippen LogP contribution is 2.38. The molecule has 1 amide bonds. The molecule has 0 spiro atoms. The van der Waals surface area contributed by atoms with Crippen molar-refractivity contribution < 1.29 is 13.2 Å². The summed E-state index contributed by atoms with van der Waals surface area (Å²) in [6.07, 6.45) is 1.59. The van der Waals surface area contributed by atoms with Crippen LogP contribution < -0.4 is 5.32 Å². The molecule has 0 bridgehead atoms. The number of sulfone groups is 1. The van der Waals surface area contributed by atoms with Crippen molar-refractivity contribution in [1.29, 1.82) is 0 Å². The van der Waals surface area contributed by atoms with Crippen LogP contribution in [0.4, 0.5) is 0 Å². The van der Waals surface area contributed by atoms with Gasteiger partial charge in [-0.1, -0.05) is 11.6 Å². The molecule has 1 saturated heterocycles. The summed E-state index contributed by atoms with van der Waals surface area (Å²) >= 11 is 6.01. The fourth-order valence-corrected chi connectivity index (χ4v) is 5.29. The molecule has 1 aromatic rings. The van der Waals surface area contributed by atoms with Crippen molar-refractivity contribution in [2.45, 2.75) is 23.8 Å². The van der Waals surface area contributed by atoms with Crippen molar-refractivity contribution in [3.63, 3.8) is 0 Å². The van der Waals surface area contributed by atoms with E-state index in [9.17, 15) is 13.2 Å². The Morgan fingerprint density at radius 2 is 2.00 bits per heavy atom. The summed E-state index contributed by atoms with van der Waals surface area (Å²) in [5.74, 6) is -0.0673. The van der Waals surface area contributed by atoms with Crippen LogP contribution in [0.1, 0.15) is 24.4 Å². The average molecular weight is 343 g/mol. The minimum atomic E-state index is -3.35. The van der Waals surface area contributed by atoms with E-state index in [1.165, 1.54) is 6.07 Å². The van der Waals surface area contributed by atoms with E-state index in [1.54, 1.807) is 24.1 Å². The topological polar surface area (TPSA) is 66.5 Å². The largest absolute Gasteiger partial charge is 0.337 e. The van der Waals surface area contributed by atoms with Crippen LogP contribution in [0.5, 0.6) is 0 Å². The number of piperidine rings is 1. The van der Waals surface area contributed by atoms with Gasteiger partial charge in [0, 0.05) is 18.0 Å². The van der Waals surface area contributed by atoms with E-state index in [0.717, 1.165) is 25.9 Å². The van der Waals surface area contributed by atoms with Gasteiger partial charge in [0.25, 0.3) is 0 Å². The van der Waals surface area contributed by atoms with Crippen LogP contribution in [0.2, 0.25) is 5.02 Å². The molecule has 1 N–H and O–H groups in total. The smallest absolute Gasteiger partial charge is 0.226 e. The van der Waals surface area contributed by atoms with Crippen LogP contribution in [-0.2, 0) is 14.6 Å². The monoisotopic (exact) mass is 342 g/mol. The van der Waals surface area contributed by atoms with Gasteiger partial charge in [-0.2, -0.15) is 0 Å². The summed E-state index contributed by atoms with van der Waals surface area (Å²) in [6, 6.07) is 4.34. The molecule has 0 saturated carbocycles. The lowest BCUT2D eigenvalue weighted by atomic mass is 9.95. The first-order chi connectivity index (χ1) is 10.4. The van der Waals surface area contributed by atoms with Crippen LogP contribution in [0, 0.1) is 5.92 Å². The summed E-state index contributed by atoms with van der Waals surface area (Å²) in [4.78, 5) is 14.6. The molecule has 3 rings (SSSR count). The third-order valence-corrected chi connectivity index (χ3v) is 6.58. The van der Waals surface area contributed by atoms with Crippen LogP contribution in [-0.4, -0.2) is 45.1 Å². The second kappa shape index (κ2) is 5.83. The van der Waals surface area contributed by atoms with E-state index >= 15 is 0 Å². The molecule has 7 heteroatoms. The number of carbonyl (C=O) groups excluding carboxylic acids is 1. The normalized spacial score (nSPS) is 24.0. The van der Waals surface area contributed by atoms with E-state index < -0.39 is 15.9 Å². The number of amides is 1. The number of halogens is 1. The Kier molecular flexibility index (Phi) is 4.18. The van der Waals surface area contributed by atoms with E-state index in [4.69, 9.17) is 11.6 Å². The number of rotatable bonds is 2. The number of fused-ring (bicyclic) bond motifs is 1. The molecule has 0 radical (unpaired) electrons. The molecule has 2 aliphatic rings. The SMILES string of the molecule is CN(C(=O)C1CCNCC1)C1CS(=O)(=O)c2ccc(Cl)cc21. The number of nitrogens with one attached hydrogen (secondary N) is 1. The van der Waals surface area contributed by atoms with Gasteiger partial charge in [-0.3, -0.25) is 4.79 Å². The minimum absolute atomic E-state index is 0.0227. The Morgan fingerprint density at radius 1 is 1.32 bits per heavy atom. The summed E-state index contributed by atoms with van der Waals surface area (Å²) in [5, 5.41) is 3.72. The van der Waals surface area contributed by atoms with Gasteiger partial charge in [-0.15, -0.1) is 0 Å². The van der Waals surface area contributed by atoms with Gasteiger partial charge in [-0.05, 0) is 49.7 Å². The van der Waals surface area contributed by atoms with Crippen LogP contribution >= 0.6 is 11.6 Å². The van der Waals surface area contributed by atoms with Gasteiger partial charge >= 0.3 is 0 Å². The number of benzene rings is 1. The fraction of sp³-hybridized carbons (Fsp3) is 0.533. The fourth-order valence-electron chi connectivity index (χ4n) is 3.28. The average Bonchev–Trinajstić information content (AvgIpc) is 2.77. The zero-order chi connectivity index (χ0) is 15.9. The van der Waals surface area contributed by atoms with Crippen LogP contribution in [0.3, 0.4) is 0 Å². The highest BCUT2D eigenvalue weighted by molar-refractivity contribution is 7.91. The maximum atomic E-state index is 12.7. The first-order valence-electron chi connectivity index (χ1n) is 7.40. The van der Waals surface area contributed by atoms with Crippen molar-refractivity contribution in [3.05, 3.63) is 28.8 Å². The van der Waals surface area contributed by atoms with Gasteiger partial charge < -0.3 is 10.2 Å². The highest BCUT2D eigenvalue weighted by Gasteiger charge is 2.40. The standard InChI is InChI=1S/C15H19ClN2O3S/c1-18(15(19)10-4-6-17-7-5-10)13-9-22(20,21)14-3-2-11(16)8-12(13)14/h2-3,8,10,13,17H,4-7,9H2,1H3. The molecule has 1 unspecified atom stereocenters. The maximum Gasteiger partial charge on any atom is 0.226 e. The number of hydrogen-bond acceptors (Lipinski definition) is 4. The van der Waals surface area contributed by atoms with Crippen molar-refractivity contribution in [3.8, 4) is 0 Å². The number of hydrogen-bond donors (Lipinski definition) is 1. The Morgan fingerprint density at radius 3 is 2.68 bits per heavy atom. The van der Waals surface area contributed by atoms with E-state index in [-0.39, 0.29) is 17.6 Å². The van der Waals surface area contributed by atoms with Crippen LogP contribution in [0.15, 0.2) is 23.1 Å². The van der Waals surface area contributed by atoms with Crippen molar-refractivity contribution in [2.75, 3.05) is 25.9 Å². The molecule has 0 aliphatic carbocycles. The molecular weight excluding hydrogens is 324 g/mol. The second-order valence-electron chi connectivity index (χ2n) is 5.95. The third kappa shape index (κ3) is 2.75. The lowest BCUT2D eigenvalue weighted by Crippen LogP contribution is -2.41. The van der Waals surface area contributed by atoms with E-state index in [0.29, 0.717) is 15.5 Å². The van der Waals surface area contributed by atoms with Gasteiger partial charge in [0.1, 0.15) is 0 Å². The second-order valence-corrected chi connectivity index (χ2v) is 8.39. The first kappa shape index (κ1) is 15.8. The van der Waals surface area contributed by atoms with Crippen molar-refractivity contribution >= 4 is 27.3 Å². The molecule has 2 heterocycles. The highest BCUT2D eigenvalue weighted by atomic mass is 35.5. The van der Waals surface area contributed by atoms with Gasteiger partial charge in [0.05, 0.1) is 16.7 Å². The number of carbonyl (C=O) groups is 1. The summed E-state index contributed by atoms with van der Waals surface area (Å²) in [6.45, 7) is 1.66. The van der Waals surface area contributed by atoms with Gasteiger partial charge in [-0.25, -0.2) is 8.42 Å². The molecule has 5 nitrogen and oxygen atoms in total. The van der Waals surface area contributed by atoms with Gasteiger partial charge in [0.15, 0.2) is 9.84 Å². The molecular formula is C15H19ClN2O3S. The minimum Gasteiger partial charge on any atom is -0.337 e. The van der Waals surface area contributed by atoms with Crippen molar-refractivity contribution in [2.24, 2.45) is 5.92 Å². The summed E-state index contributed by atoms with van der Waals surface area (Å²) < 4.78 is 24.6. The molecule has 1 aromatic carbocycles. The van der Waals surface area contributed by atoms with E-state index in [2.05, 4.69) is 5.32 Å². The Bertz CT molecular complexity index is 699. The summed E-state index contributed by atoms with van der Waals surface area (Å²) in [5.41, 5.74) is 0.636. The predicted molar refractivity (Wildman–Crippen MR) is 84.6 cm³/mol. The third-order valence-electron chi connectivity index (χ3n) is 4.55. The van der Waals surface area contributed by atoms with Crippen LogP contribution in [0.25, 0.3) is 0 Å². The molecule has 1 fully saturated rings.